The predicted molar refractivity (Wildman–Crippen MR) is 129 cm³/mol. The van der Waals surface area contributed by atoms with Crippen LogP contribution in [-0.4, -0.2) is 36.3 Å². The summed E-state index contributed by atoms with van der Waals surface area (Å²) in [6.45, 7) is 2.05. The number of amides is 1. The van der Waals surface area contributed by atoms with Crippen molar-refractivity contribution in [2.45, 2.75) is 19.5 Å². The topological polar surface area (TPSA) is 36.7 Å². The molecular weight excluding hydrogens is 431 g/mol. The molecule has 0 bridgehead atoms. The molecule has 31 heavy (non-hydrogen) atoms. The molecule has 0 aliphatic carbocycles. The largest absolute Gasteiger partial charge is 0.464 e. The summed E-state index contributed by atoms with van der Waals surface area (Å²) in [6.07, 6.45) is 4.79. The summed E-state index contributed by atoms with van der Waals surface area (Å²) in [5, 5.41) is 0.717. The zero-order valence-corrected chi connectivity index (χ0v) is 19.2. The molecule has 0 fully saturated rings. The van der Waals surface area contributed by atoms with Crippen LogP contribution in [0.4, 0.5) is 0 Å². The number of hydrogen-bond acceptors (Lipinski definition) is 3. The van der Waals surface area contributed by atoms with E-state index in [0.717, 1.165) is 41.2 Å². The lowest BCUT2D eigenvalue weighted by Crippen LogP contribution is -2.35. The predicted octanol–water partition coefficient (Wildman–Crippen LogP) is 5.79. The first kappa shape index (κ1) is 23.1. The summed E-state index contributed by atoms with van der Waals surface area (Å²) in [5.41, 5.74) is 3.90. The van der Waals surface area contributed by atoms with Crippen molar-refractivity contribution >= 4 is 42.1 Å². The Morgan fingerprint density at radius 2 is 1.84 bits per heavy atom. The minimum atomic E-state index is 0. The normalized spacial score (nSPS) is 13.4. The van der Waals surface area contributed by atoms with Crippen molar-refractivity contribution in [3.63, 3.8) is 0 Å². The fourth-order valence-electron chi connectivity index (χ4n) is 3.68. The second-order valence-corrected chi connectivity index (χ2v) is 8.32. The van der Waals surface area contributed by atoms with Crippen molar-refractivity contribution < 1.29 is 9.21 Å². The number of nitrogens with zero attached hydrogens (tertiary/aromatic N) is 2. The van der Waals surface area contributed by atoms with E-state index in [1.807, 2.05) is 79.7 Å². The standard InChI is InChI=1S/C25H25ClN2O2.ClH/c1-27(2)17-23-15-21-16-28(13-12-24(21)30-23)25(29)20-10-8-18(9-11-20)6-7-19-4-3-5-22(26)14-19;/h3-11,14-15H,12-13,16-17H2,1-2H3;1H/b7-6-;. The van der Waals surface area contributed by atoms with Gasteiger partial charge in [0.15, 0.2) is 0 Å². The summed E-state index contributed by atoms with van der Waals surface area (Å²) in [5.74, 6) is 2.02. The fraction of sp³-hybridized carbons (Fsp3) is 0.240. The van der Waals surface area contributed by atoms with Crippen LogP contribution in [0.5, 0.6) is 0 Å². The Morgan fingerprint density at radius 3 is 2.55 bits per heavy atom. The Hall–Kier alpha value is -2.53. The highest BCUT2D eigenvalue weighted by molar-refractivity contribution is 6.30. The van der Waals surface area contributed by atoms with E-state index in [-0.39, 0.29) is 18.3 Å². The van der Waals surface area contributed by atoms with Gasteiger partial charge in [-0.3, -0.25) is 4.79 Å². The lowest BCUT2D eigenvalue weighted by Gasteiger charge is -2.26. The van der Waals surface area contributed by atoms with Gasteiger partial charge in [-0.2, -0.15) is 0 Å². The van der Waals surface area contributed by atoms with Gasteiger partial charge in [-0.1, -0.05) is 48.0 Å². The molecule has 0 unspecified atom stereocenters. The van der Waals surface area contributed by atoms with Crippen LogP contribution >= 0.6 is 24.0 Å². The monoisotopic (exact) mass is 456 g/mol. The van der Waals surface area contributed by atoms with Gasteiger partial charge >= 0.3 is 0 Å². The maximum absolute atomic E-state index is 13.0. The van der Waals surface area contributed by atoms with Gasteiger partial charge in [-0.25, -0.2) is 0 Å². The van der Waals surface area contributed by atoms with Crippen LogP contribution in [0, 0.1) is 0 Å². The molecule has 0 atom stereocenters. The molecule has 1 amide bonds. The summed E-state index contributed by atoms with van der Waals surface area (Å²) in [4.78, 5) is 17.0. The second kappa shape index (κ2) is 10.2. The summed E-state index contributed by atoms with van der Waals surface area (Å²) in [7, 11) is 4.04. The van der Waals surface area contributed by atoms with E-state index in [1.165, 1.54) is 0 Å². The van der Waals surface area contributed by atoms with E-state index >= 15 is 0 Å². The molecule has 4 rings (SSSR count). The van der Waals surface area contributed by atoms with Gasteiger partial charge in [0.1, 0.15) is 11.5 Å². The number of carbonyl (C=O) groups is 1. The molecule has 2 heterocycles. The minimum absolute atomic E-state index is 0. The van der Waals surface area contributed by atoms with E-state index < -0.39 is 0 Å². The fourth-order valence-corrected chi connectivity index (χ4v) is 3.88. The lowest BCUT2D eigenvalue weighted by molar-refractivity contribution is 0.0729. The molecule has 6 heteroatoms. The minimum Gasteiger partial charge on any atom is -0.464 e. The SMILES string of the molecule is CN(C)Cc1cc2c(o1)CCN(C(=O)c1ccc(/C=C\c3cccc(Cl)c3)cc1)C2.Cl. The van der Waals surface area contributed by atoms with Crippen LogP contribution < -0.4 is 0 Å². The van der Waals surface area contributed by atoms with Gasteiger partial charge in [-0.15, -0.1) is 12.4 Å². The molecule has 4 nitrogen and oxygen atoms in total. The van der Waals surface area contributed by atoms with Crippen LogP contribution in [0.3, 0.4) is 0 Å². The first-order valence-corrected chi connectivity index (χ1v) is 10.4. The highest BCUT2D eigenvalue weighted by Gasteiger charge is 2.25. The van der Waals surface area contributed by atoms with Gasteiger partial charge in [0.2, 0.25) is 0 Å². The molecule has 0 N–H and O–H groups in total. The molecule has 0 saturated carbocycles. The van der Waals surface area contributed by atoms with Crippen molar-refractivity contribution in [2.75, 3.05) is 20.6 Å². The van der Waals surface area contributed by atoms with Crippen LogP contribution in [0.1, 0.15) is 38.6 Å². The highest BCUT2D eigenvalue weighted by Crippen LogP contribution is 2.25. The highest BCUT2D eigenvalue weighted by atomic mass is 35.5. The number of halogens is 2. The van der Waals surface area contributed by atoms with Gasteiger partial charge in [0.25, 0.3) is 5.91 Å². The Bertz CT molecular complexity index is 1070. The second-order valence-electron chi connectivity index (χ2n) is 7.89. The molecule has 2 aromatic carbocycles. The number of furan rings is 1. The number of hydrogen-bond donors (Lipinski definition) is 0. The Kier molecular flexibility index (Phi) is 7.60. The molecule has 0 spiro atoms. The average Bonchev–Trinajstić information content (AvgIpc) is 3.13. The van der Waals surface area contributed by atoms with Gasteiger partial charge in [0.05, 0.1) is 6.54 Å². The average molecular weight is 457 g/mol. The molecule has 1 aromatic heterocycles. The van der Waals surface area contributed by atoms with Crippen molar-refractivity contribution in [1.82, 2.24) is 9.80 Å². The number of carbonyl (C=O) groups excluding carboxylic acids is 1. The molecule has 0 saturated heterocycles. The van der Waals surface area contributed by atoms with Gasteiger partial charge in [0, 0.05) is 35.7 Å². The Labute approximate surface area is 194 Å². The zero-order chi connectivity index (χ0) is 21.1. The smallest absolute Gasteiger partial charge is 0.254 e. The number of benzene rings is 2. The Balaban J connectivity index is 0.00000272. The third-order valence-corrected chi connectivity index (χ3v) is 5.39. The maximum Gasteiger partial charge on any atom is 0.254 e. The van der Waals surface area contributed by atoms with Crippen LogP contribution in [0.25, 0.3) is 12.2 Å². The molecule has 162 valence electrons. The van der Waals surface area contributed by atoms with Crippen LogP contribution in [0.15, 0.2) is 59.0 Å². The molecular formula is C25H26Cl2N2O2. The number of rotatable bonds is 5. The van der Waals surface area contributed by atoms with Crippen LogP contribution in [-0.2, 0) is 19.5 Å². The molecule has 1 aliphatic rings. The summed E-state index contributed by atoms with van der Waals surface area (Å²) >= 11 is 6.03. The summed E-state index contributed by atoms with van der Waals surface area (Å²) < 4.78 is 5.94. The lowest BCUT2D eigenvalue weighted by atomic mass is 10.1. The van der Waals surface area contributed by atoms with Crippen molar-refractivity contribution in [3.8, 4) is 0 Å². The molecule has 1 aliphatic heterocycles. The maximum atomic E-state index is 13.0. The summed E-state index contributed by atoms with van der Waals surface area (Å²) in [6, 6.07) is 17.5. The first-order valence-electron chi connectivity index (χ1n) is 10.1. The van der Waals surface area contributed by atoms with E-state index in [1.54, 1.807) is 0 Å². The van der Waals surface area contributed by atoms with E-state index in [0.29, 0.717) is 23.7 Å². The van der Waals surface area contributed by atoms with Crippen LogP contribution in [0.2, 0.25) is 5.02 Å². The van der Waals surface area contributed by atoms with Crippen molar-refractivity contribution in [3.05, 3.63) is 93.4 Å². The van der Waals surface area contributed by atoms with Gasteiger partial charge < -0.3 is 14.2 Å². The Morgan fingerprint density at radius 1 is 1.10 bits per heavy atom. The van der Waals surface area contributed by atoms with Crippen molar-refractivity contribution in [1.29, 1.82) is 0 Å². The third kappa shape index (κ3) is 5.79. The first-order chi connectivity index (χ1) is 14.5. The van der Waals surface area contributed by atoms with Gasteiger partial charge in [-0.05, 0) is 55.6 Å². The van der Waals surface area contributed by atoms with E-state index in [2.05, 4.69) is 11.0 Å². The van der Waals surface area contributed by atoms with E-state index in [9.17, 15) is 4.79 Å². The third-order valence-electron chi connectivity index (χ3n) is 5.15. The molecule has 3 aromatic rings. The van der Waals surface area contributed by atoms with Crippen molar-refractivity contribution in [2.24, 2.45) is 0 Å². The zero-order valence-electron chi connectivity index (χ0n) is 17.7. The molecule has 0 radical (unpaired) electrons. The quantitative estimate of drug-likeness (QED) is 0.456. The van der Waals surface area contributed by atoms with E-state index in [4.69, 9.17) is 16.0 Å². The number of fused-ring (bicyclic) bond motifs is 1.